The number of hydrogen-bond acceptors (Lipinski definition) is 4. The number of ether oxygens (including phenoxy) is 1. The van der Waals surface area contributed by atoms with E-state index in [1.807, 2.05) is 43.3 Å². The first kappa shape index (κ1) is 17.7. The van der Waals surface area contributed by atoms with Crippen LogP contribution in [0.3, 0.4) is 0 Å². The molecule has 25 heavy (non-hydrogen) atoms. The van der Waals surface area contributed by atoms with Crippen LogP contribution in [0.15, 0.2) is 47.1 Å². The molecular weight excluding hydrogens is 404 g/mol. The summed E-state index contributed by atoms with van der Waals surface area (Å²) < 4.78 is 6.15. The van der Waals surface area contributed by atoms with Gasteiger partial charge in [0.05, 0.1) is 17.8 Å². The van der Waals surface area contributed by atoms with E-state index in [2.05, 4.69) is 26.2 Å². The van der Waals surface area contributed by atoms with Gasteiger partial charge in [-0.1, -0.05) is 27.5 Å². The van der Waals surface area contributed by atoms with Crippen molar-refractivity contribution in [2.45, 2.75) is 13.8 Å². The molecule has 6 heteroatoms. The van der Waals surface area contributed by atoms with Gasteiger partial charge in [0.15, 0.2) is 0 Å². The Morgan fingerprint density at radius 1 is 1.24 bits per heavy atom. The molecule has 1 heterocycles. The monoisotopic (exact) mass is 418 g/mol. The molecule has 0 fully saturated rings. The second-order valence-corrected chi connectivity index (χ2v) is 6.79. The van der Waals surface area contributed by atoms with E-state index < -0.39 is 5.97 Å². The van der Waals surface area contributed by atoms with Gasteiger partial charge >= 0.3 is 5.97 Å². The van der Waals surface area contributed by atoms with Gasteiger partial charge in [-0.3, -0.25) is 4.98 Å². The van der Waals surface area contributed by atoms with Crippen LogP contribution in [-0.4, -0.2) is 17.6 Å². The van der Waals surface area contributed by atoms with Crippen LogP contribution in [0.2, 0.25) is 5.02 Å². The average Bonchev–Trinajstić information content (AvgIpc) is 2.60. The van der Waals surface area contributed by atoms with E-state index in [0.29, 0.717) is 22.9 Å². The fourth-order valence-corrected chi connectivity index (χ4v) is 2.98. The topological polar surface area (TPSA) is 51.2 Å². The van der Waals surface area contributed by atoms with Gasteiger partial charge in [-0.05, 0) is 55.8 Å². The number of hydrogen-bond donors (Lipinski definition) is 1. The number of aromatic nitrogens is 1. The van der Waals surface area contributed by atoms with Crippen LogP contribution in [0.4, 0.5) is 11.4 Å². The maximum Gasteiger partial charge on any atom is 0.341 e. The Morgan fingerprint density at radius 3 is 2.64 bits per heavy atom. The van der Waals surface area contributed by atoms with Gasteiger partial charge < -0.3 is 10.1 Å². The van der Waals surface area contributed by atoms with Crippen molar-refractivity contribution in [2.75, 3.05) is 11.9 Å². The number of rotatable bonds is 4. The largest absolute Gasteiger partial charge is 0.462 e. The van der Waals surface area contributed by atoms with E-state index in [0.717, 1.165) is 26.6 Å². The molecule has 1 aromatic heterocycles. The predicted octanol–water partition coefficient (Wildman–Crippen LogP) is 5.88. The summed E-state index contributed by atoms with van der Waals surface area (Å²) in [5, 5.41) is 4.78. The van der Waals surface area contributed by atoms with E-state index in [4.69, 9.17) is 16.3 Å². The molecule has 0 bridgehead atoms. The number of halogens is 2. The molecule has 3 rings (SSSR count). The number of nitrogens with zero attached hydrogens (tertiary/aromatic N) is 1. The van der Waals surface area contributed by atoms with Crippen LogP contribution in [0.5, 0.6) is 0 Å². The first-order valence-corrected chi connectivity index (χ1v) is 8.96. The Hall–Kier alpha value is -2.11. The van der Waals surface area contributed by atoms with Gasteiger partial charge in [-0.25, -0.2) is 4.79 Å². The summed E-state index contributed by atoms with van der Waals surface area (Å²) in [7, 11) is 0. The fraction of sp³-hybridized carbons (Fsp3) is 0.158. The van der Waals surface area contributed by atoms with Crippen molar-refractivity contribution in [3.8, 4) is 0 Å². The Morgan fingerprint density at radius 2 is 1.96 bits per heavy atom. The van der Waals surface area contributed by atoms with Crippen molar-refractivity contribution < 1.29 is 9.53 Å². The molecule has 4 nitrogen and oxygen atoms in total. The smallest absolute Gasteiger partial charge is 0.341 e. The summed E-state index contributed by atoms with van der Waals surface area (Å²) in [6, 6.07) is 11.4. The van der Waals surface area contributed by atoms with Crippen molar-refractivity contribution in [3.05, 3.63) is 63.2 Å². The highest BCUT2D eigenvalue weighted by molar-refractivity contribution is 9.10. The zero-order chi connectivity index (χ0) is 18.0. The second-order valence-electron chi connectivity index (χ2n) is 5.47. The number of anilines is 2. The van der Waals surface area contributed by atoms with Crippen LogP contribution in [0.1, 0.15) is 22.8 Å². The van der Waals surface area contributed by atoms with Crippen LogP contribution in [-0.2, 0) is 4.74 Å². The fourth-order valence-electron chi connectivity index (χ4n) is 2.56. The normalized spacial score (nSPS) is 10.7. The number of pyridine rings is 1. The van der Waals surface area contributed by atoms with Crippen molar-refractivity contribution in [2.24, 2.45) is 0 Å². The van der Waals surface area contributed by atoms with Gasteiger partial charge in [-0.2, -0.15) is 0 Å². The Labute approximate surface area is 159 Å². The molecule has 0 spiro atoms. The maximum atomic E-state index is 12.4. The summed E-state index contributed by atoms with van der Waals surface area (Å²) in [5.74, 6) is -0.413. The molecule has 0 saturated carbocycles. The van der Waals surface area contributed by atoms with Crippen molar-refractivity contribution in [3.63, 3.8) is 0 Å². The molecule has 2 aromatic carbocycles. The lowest BCUT2D eigenvalue weighted by Gasteiger charge is -2.15. The first-order chi connectivity index (χ1) is 12.0. The van der Waals surface area contributed by atoms with Crippen LogP contribution in [0.25, 0.3) is 10.9 Å². The highest BCUT2D eigenvalue weighted by Crippen LogP contribution is 2.33. The summed E-state index contributed by atoms with van der Waals surface area (Å²) in [6.07, 6.45) is 1.53. The summed E-state index contributed by atoms with van der Waals surface area (Å²) >= 11 is 9.63. The predicted molar refractivity (Wildman–Crippen MR) is 105 cm³/mol. The molecule has 128 valence electrons. The summed E-state index contributed by atoms with van der Waals surface area (Å²) in [4.78, 5) is 16.8. The number of nitrogens with one attached hydrogen (secondary N) is 1. The molecule has 0 aliphatic heterocycles. The standard InChI is InChI=1S/C19H16BrClN2O2/c1-3-25-19(24)15-10-22-17-11(2)16(21)9-8-14(17)18(15)23-13-6-4-12(20)5-7-13/h4-10H,3H2,1-2H3,(H,22,23). The molecule has 0 aliphatic rings. The molecule has 0 atom stereocenters. The highest BCUT2D eigenvalue weighted by Gasteiger charge is 2.18. The second kappa shape index (κ2) is 7.42. The minimum atomic E-state index is -0.413. The number of carbonyl (C=O) groups is 1. The number of benzene rings is 2. The highest BCUT2D eigenvalue weighted by atomic mass is 79.9. The Bertz CT molecular complexity index is 942. The molecule has 1 N–H and O–H groups in total. The van der Waals surface area contributed by atoms with Crippen molar-refractivity contribution in [1.82, 2.24) is 4.98 Å². The van der Waals surface area contributed by atoms with Crippen molar-refractivity contribution >= 4 is 55.8 Å². The zero-order valence-electron chi connectivity index (χ0n) is 13.8. The van der Waals surface area contributed by atoms with Crippen LogP contribution >= 0.6 is 27.5 Å². The van der Waals surface area contributed by atoms with E-state index >= 15 is 0 Å². The molecule has 0 saturated heterocycles. The Balaban J connectivity index is 2.19. The van der Waals surface area contributed by atoms with Crippen LogP contribution < -0.4 is 5.32 Å². The molecule has 0 amide bonds. The third-order valence-corrected chi connectivity index (χ3v) is 4.77. The zero-order valence-corrected chi connectivity index (χ0v) is 16.1. The molecule has 0 aliphatic carbocycles. The van der Waals surface area contributed by atoms with Gasteiger partial charge in [0.25, 0.3) is 0 Å². The molecular formula is C19H16BrClN2O2. The van der Waals surface area contributed by atoms with Gasteiger partial charge in [0, 0.05) is 26.8 Å². The summed E-state index contributed by atoms with van der Waals surface area (Å²) in [5.41, 5.74) is 3.52. The quantitative estimate of drug-likeness (QED) is 0.537. The number of esters is 1. The van der Waals surface area contributed by atoms with E-state index in [9.17, 15) is 4.79 Å². The minimum absolute atomic E-state index is 0.300. The van der Waals surface area contributed by atoms with E-state index in [-0.39, 0.29) is 0 Å². The molecule has 0 radical (unpaired) electrons. The first-order valence-electron chi connectivity index (χ1n) is 7.78. The maximum absolute atomic E-state index is 12.4. The lowest BCUT2D eigenvalue weighted by atomic mass is 10.1. The third-order valence-electron chi connectivity index (χ3n) is 3.84. The van der Waals surface area contributed by atoms with Gasteiger partial charge in [0.1, 0.15) is 5.56 Å². The lowest BCUT2D eigenvalue weighted by Crippen LogP contribution is -2.09. The Kier molecular flexibility index (Phi) is 5.25. The number of carbonyl (C=O) groups excluding carboxylic acids is 1. The third kappa shape index (κ3) is 3.62. The van der Waals surface area contributed by atoms with Crippen LogP contribution in [0, 0.1) is 6.92 Å². The van der Waals surface area contributed by atoms with E-state index in [1.165, 1.54) is 6.20 Å². The number of fused-ring (bicyclic) bond motifs is 1. The lowest BCUT2D eigenvalue weighted by molar-refractivity contribution is 0.0527. The number of aryl methyl sites for hydroxylation is 1. The minimum Gasteiger partial charge on any atom is -0.462 e. The SMILES string of the molecule is CCOC(=O)c1cnc2c(C)c(Cl)ccc2c1Nc1ccc(Br)cc1. The van der Waals surface area contributed by atoms with Gasteiger partial charge in [-0.15, -0.1) is 0 Å². The molecule has 3 aromatic rings. The van der Waals surface area contributed by atoms with Gasteiger partial charge in [0.2, 0.25) is 0 Å². The molecule has 0 unspecified atom stereocenters. The average molecular weight is 420 g/mol. The van der Waals surface area contributed by atoms with Crippen molar-refractivity contribution in [1.29, 1.82) is 0 Å². The van der Waals surface area contributed by atoms with E-state index in [1.54, 1.807) is 6.92 Å². The summed E-state index contributed by atoms with van der Waals surface area (Å²) in [6.45, 7) is 3.98.